The van der Waals surface area contributed by atoms with Crippen molar-refractivity contribution in [1.29, 1.82) is 0 Å². The molecule has 0 aliphatic carbocycles. The van der Waals surface area contributed by atoms with Crippen LogP contribution in [0, 0.1) is 11.6 Å². The Bertz CT molecular complexity index is 572. The van der Waals surface area contributed by atoms with Crippen molar-refractivity contribution in [2.24, 2.45) is 5.73 Å². The van der Waals surface area contributed by atoms with E-state index >= 15 is 0 Å². The summed E-state index contributed by atoms with van der Waals surface area (Å²) in [6.07, 6.45) is 0. The van der Waals surface area contributed by atoms with Crippen LogP contribution in [0.3, 0.4) is 0 Å². The summed E-state index contributed by atoms with van der Waals surface area (Å²) < 4.78 is 32.3. The highest BCUT2D eigenvalue weighted by Crippen LogP contribution is 2.26. The Morgan fingerprint density at radius 1 is 1.16 bits per heavy atom. The molecule has 0 bridgehead atoms. The van der Waals surface area contributed by atoms with E-state index in [-0.39, 0.29) is 5.56 Å². The van der Waals surface area contributed by atoms with Crippen molar-refractivity contribution in [3.05, 3.63) is 65.2 Å². The quantitative estimate of drug-likeness (QED) is 0.917. The number of ether oxygens (including phenoxy) is 1. The summed E-state index contributed by atoms with van der Waals surface area (Å²) in [4.78, 5) is 0. The van der Waals surface area contributed by atoms with Crippen LogP contribution in [0.2, 0.25) is 0 Å². The number of hydrogen-bond donors (Lipinski definition) is 1. The second-order valence-corrected chi connectivity index (χ2v) is 4.13. The molecular formula is C15H15F2NO. The summed E-state index contributed by atoms with van der Waals surface area (Å²) in [7, 11) is 0. The fourth-order valence-corrected chi connectivity index (χ4v) is 1.90. The first-order valence-electron chi connectivity index (χ1n) is 6.05. The van der Waals surface area contributed by atoms with Crippen LogP contribution in [-0.4, -0.2) is 6.61 Å². The van der Waals surface area contributed by atoms with E-state index in [1.54, 1.807) is 24.3 Å². The summed E-state index contributed by atoms with van der Waals surface area (Å²) in [6, 6.07) is 10.3. The lowest BCUT2D eigenvalue weighted by Gasteiger charge is -2.15. The molecule has 1 unspecified atom stereocenters. The van der Waals surface area contributed by atoms with Crippen molar-refractivity contribution in [2.45, 2.75) is 13.0 Å². The van der Waals surface area contributed by atoms with Gasteiger partial charge in [0.1, 0.15) is 5.75 Å². The molecule has 4 heteroatoms. The van der Waals surface area contributed by atoms with Gasteiger partial charge in [0.2, 0.25) is 0 Å². The molecule has 19 heavy (non-hydrogen) atoms. The SMILES string of the molecule is CCOc1cccc(C(N)c2cccc(F)c2F)c1. The van der Waals surface area contributed by atoms with E-state index in [0.29, 0.717) is 17.9 Å². The van der Waals surface area contributed by atoms with Crippen LogP contribution in [0.25, 0.3) is 0 Å². The molecular weight excluding hydrogens is 248 g/mol. The minimum Gasteiger partial charge on any atom is -0.494 e. The van der Waals surface area contributed by atoms with E-state index in [1.807, 2.05) is 6.92 Å². The van der Waals surface area contributed by atoms with Gasteiger partial charge in [0.15, 0.2) is 11.6 Å². The summed E-state index contributed by atoms with van der Waals surface area (Å²) in [6.45, 7) is 2.41. The second-order valence-electron chi connectivity index (χ2n) is 4.13. The predicted molar refractivity (Wildman–Crippen MR) is 70.0 cm³/mol. The van der Waals surface area contributed by atoms with E-state index in [4.69, 9.17) is 10.5 Å². The minimum atomic E-state index is -0.906. The number of halogens is 2. The molecule has 0 saturated heterocycles. The van der Waals surface area contributed by atoms with Crippen LogP contribution in [0.4, 0.5) is 8.78 Å². The third-order valence-electron chi connectivity index (χ3n) is 2.84. The summed E-state index contributed by atoms with van der Waals surface area (Å²) in [5.41, 5.74) is 6.80. The fourth-order valence-electron chi connectivity index (χ4n) is 1.90. The van der Waals surface area contributed by atoms with Crippen molar-refractivity contribution in [2.75, 3.05) is 6.61 Å². The normalized spacial score (nSPS) is 12.2. The summed E-state index contributed by atoms with van der Waals surface area (Å²) >= 11 is 0. The highest BCUT2D eigenvalue weighted by Gasteiger charge is 2.16. The Morgan fingerprint density at radius 3 is 2.63 bits per heavy atom. The molecule has 0 aromatic heterocycles. The van der Waals surface area contributed by atoms with Crippen molar-refractivity contribution in [3.63, 3.8) is 0 Å². The van der Waals surface area contributed by atoms with Crippen LogP contribution in [0.1, 0.15) is 24.1 Å². The molecule has 0 spiro atoms. The van der Waals surface area contributed by atoms with Gasteiger partial charge in [0.25, 0.3) is 0 Å². The maximum absolute atomic E-state index is 13.7. The van der Waals surface area contributed by atoms with Gasteiger partial charge in [-0.2, -0.15) is 0 Å². The average Bonchev–Trinajstić information content (AvgIpc) is 2.42. The Labute approximate surface area is 110 Å². The molecule has 0 heterocycles. The van der Waals surface area contributed by atoms with E-state index < -0.39 is 17.7 Å². The van der Waals surface area contributed by atoms with Crippen molar-refractivity contribution in [3.8, 4) is 5.75 Å². The van der Waals surface area contributed by atoms with Crippen LogP contribution >= 0.6 is 0 Å². The standard InChI is InChI=1S/C15H15F2NO/c1-2-19-11-6-3-5-10(9-11)15(18)12-7-4-8-13(16)14(12)17/h3-9,15H,2,18H2,1H3. The maximum atomic E-state index is 13.7. The molecule has 2 aromatic carbocycles. The van der Waals surface area contributed by atoms with Gasteiger partial charge < -0.3 is 10.5 Å². The van der Waals surface area contributed by atoms with Crippen LogP contribution in [0.5, 0.6) is 5.75 Å². The fraction of sp³-hybridized carbons (Fsp3) is 0.200. The molecule has 0 radical (unpaired) electrons. The highest BCUT2D eigenvalue weighted by molar-refractivity contribution is 5.37. The van der Waals surface area contributed by atoms with Gasteiger partial charge in [-0.1, -0.05) is 24.3 Å². The van der Waals surface area contributed by atoms with Gasteiger partial charge >= 0.3 is 0 Å². The Morgan fingerprint density at radius 2 is 1.89 bits per heavy atom. The van der Waals surface area contributed by atoms with Crippen molar-refractivity contribution >= 4 is 0 Å². The topological polar surface area (TPSA) is 35.2 Å². The summed E-state index contributed by atoms with van der Waals surface area (Å²) in [5, 5.41) is 0. The van der Waals surface area contributed by atoms with E-state index in [1.165, 1.54) is 12.1 Å². The largest absolute Gasteiger partial charge is 0.494 e. The van der Waals surface area contributed by atoms with Gasteiger partial charge in [-0.05, 0) is 30.7 Å². The molecule has 2 N–H and O–H groups in total. The first-order chi connectivity index (χ1) is 9.13. The number of rotatable bonds is 4. The molecule has 2 nitrogen and oxygen atoms in total. The maximum Gasteiger partial charge on any atom is 0.163 e. The van der Waals surface area contributed by atoms with Crippen molar-refractivity contribution < 1.29 is 13.5 Å². The number of benzene rings is 2. The van der Waals surface area contributed by atoms with E-state index in [2.05, 4.69) is 0 Å². The lowest BCUT2D eigenvalue weighted by Crippen LogP contribution is -2.14. The average molecular weight is 263 g/mol. The van der Waals surface area contributed by atoms with Crippen molar-refractivity contribution in [1.82, 2.24) is 0 Å². The van der Waals surface area contributed by atoms with Crippen LogP contribution in [0.15, 0.2) is 42.5 Å². The molecule has 1 atom stereocenters. The lowest BCUT2D eigenvalue weighted by molar-refractivity contribution is 0.339. The van der Waals surface area contributed by atoms with E-state index in [0.717, 1.165) is 6.07 Å². The lowest BCUT2D eigenvalue weighted by atomic mass is 9.99. The third kappa shape index (κ3) is 2.90. The van der Waals surface area contributed by atoms with Crippen LogP contribution < -0.4 is 10.5 Å². The molecule has 2 rings (SSSR count). The van der Waals surface area contributed by atoms with Gasteiger partial charge in [0, 0.05) is 5.56 Å². The molecule has 100 valence electrons. The monoisotopic (exact) mass is 263 g/mol. The first-order valence-corrected chi connectivity index (χ1v) is 6.05. The smallest absolute Gasteiger partial charge is 0.163 e. The molecule has 0 fully saturated rings. The van der Waals surface area contributed by atoms with Crippen LogP contribution in [-0.2, 0) is 0 Å². The highest BCUT2D eigenvalue weighted by atomic mass is 19.2. The Balaban J connectivity index is 2.35. The third-order valence-corrected chi connectivity index (χ3v) is 2.84. The Kier molecular flexibility index (Phi) is 4.12. The van der Waals surface area contributed by atoms with Gasteiger partial charge in [-0.25, -0.2) is 8.78 Å². The molecule has 0 amide bonds. The predicted octanol–water partition coefficient (Wildman–Crippen LogP) is 3.41. The zero-order chi connectivity index (χ0) is 13.8. The second kappa shape index (κ2) is 5.80. The first kappa shape index (κ1) is 13.5. The van der Waals surface area contributed by atoms with E-state index in [9.17, 15) is 8.78 Å². The zero-order valence-electron chi connectivity index (χ0n) is 10.6. The molecule has 0 saturated carbocycles. The number of hydrogen-bond acceptors (Lipinski definition) is 2. The molecule has 0 aliphatic heterocycles. The zero-order valence-corrected chi connectivity index (χ0v) is 10.6. The van der Waals surface area contributed by atoms with Gasteiger partial charge in [-0.3, -0.25) is 0 Å². The molecule has 2 aromatic rings. The summed E-state index contributed by atoms with van der Waals surface area (Å²) in [5.74, 6) is -1.14. The van der Waals surface area contributed by atoms with Gasteiger partial charge in [0.05, 0.1) is 12.6 Å². The number of nitrogens with two attached hydrogens (primary N) is 1. The molecule has 0 aliphatic rings. The minimum absolute atomic E-state index is 0.133. The van der Waals surface area contributed by atoms with Gasteiger partial charge in [-0.15, -0.1) is 0 Å². The Hall–Kier alpha value is -1.94.